The topological polar surface area (TPSA) is 58.4 Å². The van der Waals surface area contributed by atoms with Crippen LogP contribution in [0.1, 0.15) is 46.0 Å². The van der Waals surface area contributed by atoms with Crippen molar-refractivity contribution in [2.75, 3.05) is 27.2 Å². The molecule has 3 N–H and O–H groups in total. The molecule has 1 aliphatic carbocycles. The first-order valence-electron chi connectivity index (χ1n) is 7.00. The monoisotopic (exact) mass is 255 g/mol. The van der Waals surface area contributed by atoms with Gasteiger partial charge in [-0.2, -0.15) is 0 Å². The predicted molar refractivity (Wildman–Crippen MR) is 75.3 cm³/mol. The number of hydrogen-bond donors (Lipinski definition) is 2. The van der Waals surface area contributed by atoms with Gasteiger partial charge in [0.15, 0.2) is 0 Å². The summed E-state index contributed by atoms with van der Waals surface area (Å²) < 4.78 is 0. The molecular weight excluding hydrogens is 226 g/mol. The summed E-state index contributed by atoms with van der Waals surface area (Å²) in [7, 11) is 4.07. The van der Waals surface area contributed by atoms with Crippen molar-refractivity contribution in [3.63, 3.8) is 0 Å². The summed E-state index contributed by atoms with van der Waals surface area (Å²) in [6, 6.07) is 0. The summed E-state index contributed by atoms with van der Waals surface area (Å²) in [5.74, 6) is 0.152. The molecule has 4 nitrogen and oxygen atoms in total. The van der Waals surface area contributed by atoms with Crippen LogP contribution >= 0.6 is 0 Å². The summed E-state index contributed by atoms with van der Waals surface area (Å²) >= 11 is 0. The normalized spacial score (nSPS) is 19.9. The third-order valence-corrected chi connectivity index (χ3v) is 4.58. The van der Waals surface area contributed by atoms with Gasteiger partial charge in [0.05, 0.1) is 5.41 Å². The van der Waals surface area contributed by atoms with E-state index in [-0.39, 0.29) is 16.9 Å². The number of carbonyl (C=O) groups is 1. The van der Waals surface area contributed by atoms with Crippen LogP contribution in [0, 0.1) is 5.41 Å². The Morgan fingerprint density at radius 2 is 1.83 bits per heavy atom. The zero-order valence-corrected chi connectivity index (χ0v) is 12.4. The molecule has 0 heterocycles. The Morgan fingerprint density at radius 3 is 2.28 bits per heavy atom. The van der Waals surface area contributed by atoms with Gasteiger partial charge in [0.1, 0.15) is 0 Å². The van der Waals surface area contributed by atoms with Gasteiger partial charge >= 0.3 is 0 Å². The molecule has 4 heteroatoms. The molecule has 1 amide bonds. The molecule has 0 bridgehead atoms. The zero-order valence-electron chi connectivity index (χ0n) is 12.4. The second-order valence-corrected chi connectivity index (χ2v) is 6.43. The van der Waals surface area contributed by atoms with Gasteiger partial charge in [-0.05, 0) is 40.8 Å². The van der Waals surface area contributed by atoms with Crippen molar-refractivity contribution < 1.29 is 4.79 Å². The lowest BCUT2D eigenvalue weighted by atomic mass is 9.73. The van der Waals surface area contributed by atoms with E-state index in [1.54, 1.807) is 0 Å². The molecule has 0 atom stereocenters. The first kappa shape index (κ1) is 15.4. The average Bonchev–Trinajstić information content (AvgIpc) is 2.36. The SMILES string of the molecule is CN(C)C(C)(C)CNC(=O)C1(CN)CCCCC1. The van der Waals surface area contributed by atoms with Gasteiger partial charge in [-0.1, -0.05) is 19.3 Å². The molecule has 0 aromatic carbocycles. The Hall–Kier alpha value is -0.610. The number of likely N-dealkylation sites (N-methyl/N-ethyl adjacent to an activating group) is 1. The first-order chi connectivity index (χ1) is 8.34. The second kappa shape index (κ2) is 6.02. The van der Waals surface area contributed by atoms with Crippen LogP contribution in [0.4, 0.5) is 0 Å². The van der Waals surface area contributed by atoms with Crippen molar-refractivity contribution in [1.29, 1.82) is 0 Å². The maximum Gasteiger partial charge on any atom is 0.227 e. The fourth-order valence-corrected chi connectivity index (χ4v) is 2.39. The lowest BCUT2D eigenvalue weighted by Crippen LogP contribution is -2.53. The van der Waals surface area contributed by atoms with Crippen LogP contribution < -0.4 is 11.1 Å². The molecule has 0 aliphatic heterocycles. The number of hydrogen-bond acceptors (Lipinski definition) is 3. The van der Waals surface area contributed by atoms with E-state index in [1.165, 1.54) is 6.42 Å². The van der Waals surface area contributed by atoms with Crippen molar-refractivity contribution in [3.8, 4) is 0 Å². The van der Waals surface area contributed by atoms with Gasteiger partial charge in [0.25, 0.3) is 0 Å². The summed E-state index contributed by atoms with van der Waals surface area (Å²) in [6.07, 6.45) is 5.37. The van der Waals surface area contributed by atoms with E-state index in [9.17, 15) is 4.79 Å². The quantitative estimate of drug-likeness (QED) is 0.779. The number of nitrogens with one attached hydrogen (secondary N) is 1. The van der Waals surface area contributed by atoms with E-state index in [1.807, 2.05) is 14.1 Å². The molecular formula is C14H29N3O. The fraction of sp³-hybridized carbons (Fsp3) is 0.929. The van der Waals surface area contributed by atoms with E-state index in [4.69, 9.17) is 5.73 Å². The van der Waals surface area contributed by atoms with E-state index in [0.717, 1.165) is 25.7 Å². The Morgan fingerprint density at radius 1 is 1.28 bits per heavy atom. The van der Waals surface area contributed by atoms with Crippen LogP contribution in [-0.2, 0) is 4.79 Å². The third-order valence-electron chi connectivity index (χ3n) is 4.58. The minimum atomic E-state index is -0.305. The van der Waals surface area contributed by atoms with E-state index in [2.05, 4.69) is 24.1 Å². The molecule has 0 spiro atoms. The molecule has 0 saturated heterocycles. The fourth-order valence-electron chi connectivity index (χ4n) is 2.39. The predicted octanol–water partition coefficient (Wildman–Crippen LogP) is 1.35. The minimum absolute atomic E-state index is 0.0277. The van der Waals surface area contributed by atoms with E-state index in [0.29, 0.717) is 13.1 Å². The lowest BCUT2D eigenvalue weighted by Gasteiger charge is -2.37. The summed E-state index contributed by atoms with van der Waals surface area (Å²) in [5.41, 5.74) is 5.53. The van der Waals surface area contributed by atoms with Crippen LogP contribution in [0.3, 0.4) is 0 Å². The number of amides is 1. The van der Waals surface area contributed by atoms with Crippen LogP contribution in [0.5, 0.6) is 0 Å². The Labute approximate surface area is 111 Å². The maximum absolute atomic E-state index is 12.4. The summed E-state index contributed by atoms with van der Waals surface area (Å²) in [4.78, 5) is 14.5. The van der Waals surface area contributed by atoms with Gasteiger partial charge in [-0.15, -0.1) is 0 Å². The van der Waals surface area contributed by atoms with Gasteiger partial charge in [0, 0.05) is 18.6 Å². The lowest BCUT2D eigenvalue weighted by molar-refractivity contribution is -0.132. The number of nitrogens with two attached hydrogens (primary N) is 1. The van der Waals surface area contributed by atoms with Crippen LogP contribution in [0.25, 0.3) is 0 Å². The van der Waals surface area contributed by atoms with Crippen molar-refractivity contribution >= 4 is 5.91 Å². The second-order valence-electron chi connectivity index (χ2n) is 6.43. The number of carbonyl (C=O) groups excluding carboxylic acids is 1. The summed E-state index contributed by atoms with van der Waals surface area (Å²) in [5, 5.41) is 3.11. The summed E-state index contributed by atoms with van der Waals surface area (Å²) in [6.45, 7) is 5.40. The molecule has 1 saturated carbocycles. The van der Waals surface area contributed by atoms with Crippen molar-refractivity contribution in [3.05, 3.63) is 0 Å². The Kier molecular flexibility index (Phi) is 5.17. The molecule has 1 aliphatic rings. The molecule has 1 fully saturated rings. The molecule has 18 heavy (non-hydrogen) atoms. The first-order valence-corrected chi connectivity index (χ1v) is 7.00. The van der Waals surface area contributed by atoms with Crippen LogP contribution in [0.15, 0.2) is 0 Å². The van der Waals surface area contributed by atoms with Crippen LogP contribution in [-0.4, -0.2) is 43.5 Å². The standard InChI is InChI=1S/C14H29N3O/c1-13(2,17(3)4)11-16-12(18)14(10-15)8-6-5-7-9-14/h5-11,15H2,1-4H3,(H,16,18). The van der Waals surface area contributed by atoms with Crippen LogP contribution in [0.2, 0.25) is 0 Å². The van der Waals surface area contributed by atoms with Crippen molar-refractivity contribution in [2.24, 2.45) is 11.1 Å². The van der Waals surface area contributed by atoms with Gasteiger partial charge in [-0.3, -0.25) is 4.79 Å². The Bertz CT molecular complexity index is 281. The van der Waals surface area contributed by atoms with Crippen molar-refractivity contribution in [2.45, 2.75) is 51.5 Å². The molecule has 106 valence electrons. The Balaban J connectivity index is 2.58. The van der Waals surface area contributed by atoms with E-state index >= 15 is 0 Å². The molecule has 0 radical (unpaired) electrons. The largest absolute Gasteiger partial charge is 0.354 e. The third kappa shape index (κ3) is 3.45. The molecule has 0 aromatic heterocycles. The number of rotatable bonds is 5. The smallest absolute Gasteiger partial charge is 0.227 e. The number of nitrogens with zero attached hydrogens (tertiary/aromatic N) is 1. The highest BCUT2D eigenvalue weighted by molar-refractivity contribution is 5.83. The highest BCUT2D eigenvalue weighted by Crippen LogP contribution is 2.35. The van der Waals surface area contributed by atoms with E-state index < -0.39 is 0 Å². The molecule has 0 aromatic rings. The zero-order chi connectivity index (χ0) is 13.8. The maximum atomic E-state index is 12.4. The average molecular weight is 255 g/mol. The highest BCUT2D eigenvalue weighted by Gasteiger charge is 2.38. The van der Waals surface area contributed by atoms with Gasteiger partial charge in [-0.25, -0.2) is 0 Å². The molecule has 0 unspecified atom stereocenters. The van der Waals surface area contributed by atoms with Gasteiger partial charge < -0.3 is 16.0 Å². The molecule has 1 rings (SSSR count). The minimum Gasteiger partial charge on any atom is -0.354 e. The van der Waals surface area contributed by atoms with Crippen molar-refractivity contribution in [1.82, 2.24) is 10.2 Å². The highest BCUT2D eigenvalue weighted by atomic mass is 16.2. The van der Waals surface area contributed by atoms with Gasteiger partial charge in [0.2, 0.25) is 5.91 Å².